The second-order valence-electron chi connectivity index (χ2n) is 5.53. The molecule has 1 heterocycles. The number of carbonyl (C=O) groups is 2. The third kappa shape index (κ3) is 2.83. The van der Waals surface area contributed by atoms with Crippen molar-refractivity contribution >= 4 is 12.0 Å². The van der Waals surface area contributed by atoms with Crippen LogP contribution in [0.2, 0.25) is 0 Å². The number of hydrogen-bond donors (Lipinski definition) is 2. The quantitative estimate of drug-likeness (QED) is 0.834. The number of hydrogen-bond acceptors (Lipinski definition) is 2. The average molecular weight is 294 g/mol. The zero-order chi connectivity index (χ0) is 15.0. The van der Waals surface area contributed by atoms with Crippen LogP contribution in [-0.2, 0) is 4.79 Å². The molecular formula is C12H17F3N2O3. The van der Waals surface area contributed by atoms with Crippen molar-refractivity contribution in [3.8, 4) is 0 Å². The van der Waals surface area contributed by atoms with E-state index in [1.165, 1.54) is 4.90 Å². The Labute approximate surface area is 114 Å². The summed E-state index contributed by atoms with van der Waals surface area (Å²) < 4.78 is 36.0. The third-order valence-corrected chi connectivity index (χ3v) is 4.27. The van der Waals surface area contributed by atoms with E-state index in [0.717, 1.165) is 12.8 Å². The molecule has 2 N–H and O–H groups in total. The standard InChI is InChI=1S/C12H17F3N2O3/c13-12(14,15)4-5-16-10(20)17-6-8-2-1-3-11(8,7-17)9(18)19/h8H,1-7H2,(H,16,20)(H,18,19)/t8-,11+/m0/s1. The summed E-state index contributed by atoms with van der Waals surface area (Å²) in [5.74, 6) is -1.00. The van der Waals surface area contributed by atoms with Crippen LogP contribution in [0.1, 0.15) is 25.7 Å². The van der Waals surface area contributed by atoms with Crippen LogP contribution in [0.3, 0.4) is 0 Å². The first kappa shape index (κ1) is 14.9. The molecule has 0 aromatic rings. The van der Waals surface area contributed by atoms with Crippen molar-refractivity contribution in [2.24, 2.45) is 11.3 Å². The first-order valence-electron chi connectivity index (χ1n) is 6.57. The monoisotopic (exact) mass is 294 g/mol. The van der Waals surface area contributed by atoms with Gasteiger partial charge in [-0.2, -0.15) is 13.2 Å². The number of rotatable bonds is 3. The molecule has 2 fully saturated rings. The van der Waals surface area contributed by atoms with Gasteiger partial charge < -0.3 is 15.3 Å². The normalized spacial score (nSPS) is 29.4. The molecule has 5 nitrogen and oxygen atoms in total. The predicted octanol–water partition coefficient (Wildman–Crippen LogP) is 1.84. The van der Waals surface area contributed by atoms with Crippen molar-refractivity contribution in [2.75, 3.05) is 19.6 Å². The smallest absolute Gasteiger partial charge is 0.390 e. The zero-order valence-corrected chi connectivity index (χ0v) is 10.9. The highest BCUT2D eigenvalue weighted by atomic mass is 19.4. The molecule has 0 spiro atoms. The first-order chi connectivity index (χ1) is 9.24. The Morgan fingerprint density at radius 3 is 2.65 bits per heavy atom. The van der Waals surface area contributed by atoms with Gasteiger partial charge in [0, 0.05) is 19.6 Å². The second-order valence-corrected chi connectivity index (χ2v) is 5.53. The fourth-order valence-corrected chi connectivity index (χ4v) is 3.22. The number of aliphatic carboxylic acids is 1. The Hall–Kier alpha value is -1.47. The van der Waals surface area contributed by atoms with E-state index in [4.69, 9.17) is 0 Å². The number of likely N-dealkylation sites (tertiary alicyclic amines) is 1. The van der Waals surface area contributed by atoms with Crippen LogP contribution in [0.25, 0.3) is 0 Å². The summed E-state index contributed by atoms with van der Waals surface area (Å²) >= 11 is 0. The van der Waals surface area contributed by atoms with Crippen molar-refractivity contribution in [1.82, 2.24) is 10.2 Å². The Balaban J connectivity index is 1.89. The lowest BCUT2D eigenvalue weighted by Crippen LogP contribution is -2.42. The summed E-state index contributed by atoms with van der Waals surface area (Å²) in [4.78, 5) is 24.5. The molecule has 2 aliphatic rings. The lowest BCUT2D eigenvalue weighted by molar-refractivity contribution is -0.149. The molecule has 0 aromatic carbocycles. The summed E-state index contributed by atoms with van der Waals surface area (Å²) in [5, 5.41) is 11.5. The summed E-state index contributed by atoms with van der Waals surface area (Å²) in [6.45, 7) is -0.0847. The fourth-order valence-electron chi connectivity index (χ4n) is 3.22. The van der Waals surface area contributed by atoms with E-state index in [9.17, 15) is 27.9 Å². The van der Waals surface area contributed by atoms with Crippen LogP contribution >= 0.6 is 0 Å². The molecule has 8 heteroatoms. The van der Waals surface area contributed by atoms with Gasteiger partial charge in [0.2, 0.25) is 0 Å². The molecule has 20 heavy (non-hydrogen) atoms. The number of carbonyl (C=O) groups excluding carboxylic acids is 1. The van der Waals surface area contributed by atoms with Crippen molar-refractivity contribution < 1.29 is 27.9 Å². The fraction of sp³-hybridized carbons (Fsp3) is 0.833. The van der Waals surface area contributed by atoms with Crippen molar-refractivity contribution in [1.29, 1.82) is 0 Å². The predicted molar refractivity (Wildman–Crippen MR) is 63.1 cm³/mol. The van der Waals surface area contributed by atoms with Gasteiger partial charge in [-0.25, -0.2) is 4.79 Å². The van der Waals surface area contributed by atoms with Gasteiger partial charge in [0.25, 0.3) is 0 Å². The molecule has 114 valence electrons. The Morgan fingerprint density at radius 2 is 2.10 bits per heavy atom. The van der Waals surface area contributed by atoms with Gasteiger partial charge in [0.15, 0.2) is 0 Å². The van der Waals surface area contributed by atoms with Crippen LogP contribution in [0, 0.1) is 11.3 Å². The van der Waals surface area contributed by atoms with Gasteiger partial charge in [-0.3, -0.25) is 4.79 Å². The number of carboxylic acids is 1. The van der Waals surface area contributed by atoms with Gasteiger partial charge in [0.05, 0.1) is 11.8 Å². The zero-order valence-electron chi connectivity index (χ0n) is 10.9. The highest BCUT2D eigenvalue weighted by molar-refractivity contribution is 5.80. The number of carboxylic acid groups (broad SMARTS) is 1. The molecule has 0 radical (unpaired) electrons. The summed E-state index contributed by atoms with van der Waals surface area (Å²) in [6.07, 6.45) is -3.30. The van der Waals surface area contributed by atoms with E-state index >= 15 is 0 Å². The Morgan fingerprint density at radius 1 is 1.40 bits per heavy atom. The minimum absolute atomic E-state index is 0.0881. The van der Waals surface area contributed by atoms with Crippen LogP contribution < -0.4 is 5.32 Å². The number of nitrogens with one attached hydrogen (secondary N) is 1. The first-order valence-corrected chi connectivity index (χ1v) is 6.57. The van der Waals surface area contributed by atoms with Gasteiger partial charge in [-0.1, -0.05) is 6.42 Å². The number of amides is 2. The number of alkyl halides is 3. The lowest BCUT2D eigenvalue weighted by Gasteiger charge is -2.23. The molecule has 2 atom stereocenters. The minimum atomic E-state index is -4.31. The molecule has 1 aliphatic heterocycles. The maximum Gasteiger partial charge on any atom is 0.390 e. The van der Waals surface area contributed by atoms with E-state index < -0.39 is 36.6 Å². The number of halogens is 3. The Kier molecular flexibility index (Phi) is 3.84. The second kappa shape index (κ2) is 5.14. The average Bonchev–Trinajstić information content (AvgIpc) is 2.83. The van der Waals surface area contributed by atoms with Crippen LogP contribution in [0.5, 0.6) is 0 Å². The van der Waals surface area contributed by atoms with E-state index in [1.807, 2.05) is 0 Å². The van der Waals surface area contributed by atoms with Crippen LogP contribution in [0.15, 0.2) is 0 Å². The largest absolute Gasteiger partial charge is 0.481 e. The van der Waals surface area contributed by atoms with E-state index in [-0.39, 0.29) is 12.5 Å². The molecule has 0 aromatic heterocycles. The number of nitrogens with zero attached hydrogens (tertiary/aromatic N) is 1. The molecule has 1 saturated carbocycles. The van der Waals surface area contributed by atoms with Crippen LogP contribution in [0.4, 0.5) is 18.0 Å². The third-order valence-electron chi connectivity index (χ3n) is 4.27. The Bertz CT molecular complexity index is 413. The van der Waals surface area contributed by atoms with Gasteiger partial charge >= 0.3 is 18.2 Å². The minimum Gasteiger partial charge on any atom is -0.481 e. The number of urea groups is 1. The van der Waals surface area contributed by atoms with Gasteiger partial charge in [-0.05, 0) is 18.8 Å². The van der Waals surface area contributed by atoms with Crippen LogP contribution in [-0.4, -0.2) is 47.8 Å². The van der Waals surface area contributed by atoms with Crippen molar-refractivity contribution in [2.45, 2.75) is 31.9 Å². The maximum atomic E-state index is 12.0. The van der Waals surface area contributed by atoms with Gasteiger partial charge in [0.1, 0.15) is 0 Å². The molecule has 0 bridgehead atoms. The summed E-state index contributed by atoms with van der Waals surface area (Å²) in [5.41, 5.74) is -0.901. The SMILES string of the molecule is O=C(NCCC(F)(F)F)N1C[C@@H]2CCC[C@@]2(C(=O)O)C1. The molecule has 1 saturated heterocycles. The van der Waals surface area contributed by atoms with Gasteiger partial charge in [-0.15, -0.1) is 0 Å². The van der Waals surface area contributed by atoms with E-state index in [0.29, 0.717) is 13.0 Å². The van der Waals surface area contributed by atoms with Crippen molar-refractivity contribution in [3.05, 3.63) is 0 Å². The molecule has 2 amide bonds. The molecular weight excluding hydrogens is 277 g/mol. The van der Waals surface area contributed by atoms with Crippen molar-refractivity contribution in [3.63, 3.8) is 0 Å². The number of fused-ring (bicyclic) bond motifs is 1. The highest BCUT2D eigenvalue weighted by Crippen LogP contribution is 2.48. The molecule has 0 unspecified atom stereocenters. The maximum absolute atomic E-state index is 12.0. The summed E-state index contributed by atoms with van der Waals surface area (Å²) in [7, 11) is 0. The molecule has 2 rings (SSSR count). The lowest BCUT2D eigenvalue weighted by atomic mass is 9.81. The van der Waals surface area contributed by atoms with E-state index in [1.54, 1.807) is 0 Å². The molecule has 1 aliphatic carbocycles. The highest BCUT2D eigenvalue weighted by Gasteiger charge is 2.55. The summed E-state index contributed by atoms with van der Waals surface area (Å²) in [6, 6.07) is -0.607. The topological polar surface area (TPSA) is 69.6 Å². The van der Waals surface area contributed by atoms with E-state index in [2.05, 4.69) is 5.32 Å².